The summed E-state index contributed by atoms with van der Waals surface area (Å²) in [4.78, 5) is 15.0. The molecule has 0 aliphatic rings. The molecule has 0 bridgehead atoms. The van der Waals surface area contributed by atoms with Crippen LogP contribution in [0.3, 0.4) is 0 Å². The Balaban J connectivity index is 2.55. The number of aromatic nitrogens is 2. The molecule has 1 rings (SSSR count). The molecule has 5 nitrogen and oxygen atoms in total. The lowest BCUT2D eigenvalue weighted by Crippen LogP contribution is -2.25. The van der Waals surface area contributed by atoms with Crippen LogP contribution in [-0.4, -0.2) is 33.3 Å². The SMILES string of the molecule is CCOC(CCn1cnc(C)c1C)C(=O)O. The molecule has 0 saturated heterocycles. The summed E-state index contributed by atoms with van der Waals surface area (Å²) in [6.45, 7) is 6.73. The normalized spacial score (nSPS) is 12.7. The van der Waals surface area contributed by atoms with E-state index in [-0.39, 0.29) is 0 Å². The summed E-state index contributed by atoms with van der Waals surface area (Å²) < 4.78 is 7.09. The third kappa shape index (κ3) is 3.06. The van der Waals surface area contributed by atoms with Crippen molar-refractivity contribution in [2.24, 2.45) is 0 Å². The van der Waals surface area contributed by atoms with Crippen molar-refractivity contribution in [3.05, 3.63) is 17.7 Å². The Labute approximate surface area is 95.1 Å². The number of aryl methyl sites for hydroxylation is 2. The van der Waals surface area contributed by atoms with Crippen LogP contribution in [0.5, 0.6) is 0 Å². The van der Waals surface area contributed by atoms with Crippen molar-refractivity contribution >= 4 is 5.97 Å². The van der Waals surface area contributed by atoms with E-state index in [0.29, 0.717) is 19.6 Å². The van der Waals surface area contributed by atoms with Crippen LogP contribution in [0.1, 0.15) is 24.7 Å². The fraction of sp³-hybridized carbons (Fsp3) is 0.636. The minimum absolute atomic E-state index is 0.416. The highest BCUT2D eigenvalue weighted by atomic mass is 16.5. The molecule has 16 heavy (non-hydrogen) atoms. The molecule has 0 saturated carbocycles. The highest BCUT2D eigenvalue weighted by Crippen LogP contribution is 2.08. The van der Waals surface area contributed by atoms with Crippen LogP contribution in [0.4, 0.5) is 0 Å². The Morgan fingerprint density at radius 2 is 2.31 bits per heavy atom. The Hall–Kier alpha value is -1.36. The van der Waals surface area contributed by atoms with Crippen LogP contribution in [0.15, 0.2) is 6.33 Å². The van der Waals surface area contributed by atoms with Gasteiger partial charge < -0.3 is 14.4 Å². The first kappa shape index (κ1) is 12.7. The van der Waals surface area contributed by atoms with Crippen molar-refractivity contribution in [2.75, 3.05) is 6.61 Å². The number of imidazole rings is 1. The van der Waals surface area contributed by atoms with E-state index in [2.05, 4.69) is 4.98 Å². The second kappa shape index (κ2) is 5.65. The van der Waals surface area contributed by atoms with Crippen molar-refractivity contribution in [3.63, 3.8) is 0 Å². The summed E-state index contributed by atoms with van der Waals surface area (Å²) in [5, 5.41) is 8.91. The first-order chi connectivity index (χ1) is 7.56. The van der Waals surface area contributed by atoms with Crippen LogP contribution in [0.25, 0.3) is 0 Å². The van der Waals surface area contributed by atoms with Gasteiger partial charge in [-0.05, 0) is 20.8 Å². The average Bonchev–Trinajstić information content (AvgIpc) is 2.55. The lowest BCUT2D eigenvalue weighted by Gasteiger charge is -2.13. The first-order valence-corrected chi connectivity index (χ1v) is 5.39. The molecule has 90 valence electrons. The number of ether oxygens (including phenoxy) is 1. The van der Waals surface area contributed by atoms with Gasteiger partial charge in [-0.3, -0.25) is 0 Å². The van der Waals surface area contributed by atoms with Gasteiger partial charge in [-0.1, -0.05) is 0 Å². The highest BCUT2D eigenvalue weighted by Gasteiger charge is 2.17. The average molecular weight is 226 g/mol. The van der Waals surface area contributed by atoms with Gasteiger partial charge in [0.2, 0.25) is 0 Å². The number of hydrogen-bond acceptors (Lipinski definition) is 3. The molecule has 1 N–H and O–H groups in total. The molecule has 0 fully saturated rings. The molecule has 0 amide bonds. The minimum atomic E-state index is -0.906. The zero-order valence-electron chi connectivity index (χ0n) is 9.93. The summed E-state index contributed by atoms with van der Waals surface area (Å²) in [5.74, 6) is -0.906. The molecule has 0 spiro atoms. The fourth-order valence-corrected chi connectivity index (χ4v) is 1.51. The van der Waals surface area contributed by atoms with E-state index in [4.69, 9.17) is 9.84 Å². The van der Waals surface area contributed by atoms with Gasteiger partial charge in [0.05, 0.1) is 12.0 Å². The molecule has 1 unspecified atom stereocenters. The zero-order chi connectivity index (χ0) is 12.1. The van der Waals surface area contributed by atoms with Gasteiger partial charge in [0, 0.05) is 25.3 Å². The van der Waals surface area contributed by atoms with Crippen LogP contribution in [0, 0.1) is 13.8 Å². The van der Waals surface area contributed by atoms with Gasteiger partial charge in [0.25, 0.3) is 0 Å². The highest BCUT2D eigenvalue weighted by molar-refractivity contribution is 5.72. The van der Waals surface area contributed by atoms with E-state index in [9.17, 15) is 4.79 Å². The molecular weight excluding hydrogens is 208 g/mol. The molecular formula is C11H18N2O3. The summed E-state index contributed by atoms with van der Waals surface area (Å²) in [7, 11) is 0. The summed E-state index contributed by atoms with van der Waals surface area (Å²) in [6.07, 6.45) is 1.46. The van der Waals surface area contributed by atoms with Crippen molar-refractivity contribution < 1.29 is 14.6 Å². The Kier molecular flexibility index (Phi) is 4.49. The monoisotopic (exact) mass is 226 g/mol. The van der Waals surface area contributed by atoms with Crippen molar-refractivity contribution in [1.82, 2.24) is 9.55 Å². The molecule has 1 aromatic rings. The Bertz CT molecular complexity index is 360. The molecule has 0 aliphatic carbocycles. The number of carboxylic acids is 1. The Morgan fingerprint density at radius 3 is 2.75 bits per heavy atom. The zero-order valence-corrected chi connectivity index (χ0v) is 9.93. The molecule has 0 aromatic carbocycles. The summed E-state index contributed by atoms with van der Waals surface area (Å²) >= 11 is 0. The van der Waals surface area contributed by atoms with E-state index in [1.807, 2.05) is 18.4 Å². The topological polar surface area (TPSA) is 64.4 Å². The van der Waals surface area contributed by atoms with Gasteiger partial charge in [-0.2, -0.15) is 0 Å². The second-order valence-corrected chi connectivity index (χ2v) is 3.68. The van der Waals surface area contributed by atoms with Crippen molar-refractivity contribution in [2.45, 2.75) is 39.8 Å². The predicted octanol–water partition coefficient (Wildman–Crippen LogP) is 1.38. The number of carboxylic acid groups (broad SMARTS) is 1. The molecule has 1 aromatic heterocycles. The van der Waals surface area contributed by atoms with Crippen LogP contribution in [0.2, 0.25) is 0 Å². The number of aliphatic carboxylic acids is 1. The van der Waals surface area contributed by atoms with Gasteiger partial charge >= 0.3 is 5.97 Å². The molecule has 5 heteroatoms. The number of nitrogens with zero attached hydrogens (tertiary/aromatic N) is 2. The third-order valence-corrected chi connectivity index (χ3v) is 2.62. The number of carbonyl (C=O) groups is 1. The van der Waals surface area contributed by atoms with E-state index < -0.39 is 12.1 Å². The summed E-state index contributed by atoms with van der Waals surface area (Å²) in [5.41, 5.74) is 2.05. The van der Waals surface area contributed by atoms with Gasteiger partial charge in [-0.15, -0.1) is 0 Å². The number of rotatable bonds is 6. The van der Waals surface area contributed by atoms with Gasteiger partial charge in [-0.25, -0.2) is 9.78 Å². The van der Waals surface area contributed by atoms with E-state index in [1.165, 1.54) is 0 Å². The quantitative estimate of drug-likeness (QED) is 0.796. The molecule has 1 atom stereocenters. The molecule has 1 heterocycles. The first-order valence-electron chi connectivity index (χ1n) is 5.39. The van der Waals surface area contributed by atoms with Crippen LogP contribution >= 0.6 is 0 Å². The van der Waals surface area contributed by atoms with Crippen molar-refractivity contribution in [3.8, 4) is 0 Å². The predicted molar refractivity (Wildman–Crippen MR) is 59.4 cm³/mol. The van der Waals surface area contributed by atoms with E-state index in [1.54, 1.807) is 13.3 Å². The smallest absolute Gasteiger partial charge is 0.332 e. The van der Waals surface area contributed by atoms with Gasteiger partial charge in [0.1, 0.15) is 0 Å². The number of hydrogen-bond donors (Lipinski definition) is 1. The van der Waals surface area contributed by atoms with E-state index in [0.717, 1.165) is 11.4 Å². The maximum absolute atomic E-state index is 10.9. The third-order valence-electron chi connectivity index (χ3n) is 2.62. The maximum Gasteiger partial charge on any atom is 0.332 e. The van der Waals surface area contributed by atoms with E-state index >= 15 is 0 Å². The fourth-order valence-electron chi connectivity index (χ4n) is 1.51. The van der Waals surface area contributed by atoms with Crippen molar-refractivity contribution in [1.29, 1.82) is 0 Å². The lowest BCUT2D eigenvalue weighted by molar-refractivity contribution is -0.150. The van der Waals surface area contributed by atoms with Crippen LogP contribution in [-0.2, 0) is 16.1 Å². The summed E-state index contributed by atoms with van der Waals surface area (Å²) in [6, 6.07) is 0. The Morgan fingerprint density at radius 1 is 1.62 bits per heavy atom. The van der Waals surface area contributed by atoms with Crippen LogP contribution < -0.4 is 0 Å². The lowest BCUT2D eigenvalue weighted by atomic mass is 10.2. The second-order valence-electron chi connectivity index (χ2n) is 3.68. The maximum atomic E-state index is 10.9. The standard InChI is InChI=1S/C11H18N2O3/c1-4-16-10(11(14)15)5-6-13-7-12-8(2)9(13)3/h7,10H,4-6H2,1-3H3,(H,14,15). The minimum Gasteiger partial charge on any atom is -0.479 e. The molecule has 0 radical (unpaired) electrons. The largest absolute Gasteiger partial charge is 0.479 e. The molecule has 0 aliphatic heterocycles. The van der Waals surface area contributed by atoms with Gasteiger partial charge in [0.15, 0.2) is 6.10 Å².